The van der Waals surface area contributed by atoms with Gasteiger partial charge < -0.3 is 10.2 Å². The van der Waals surface area contributed by atoms with Crippen LogP contribution in [-0.4, -0.2) is 33.9 Å². The Balaban J connectivity index is 1.56. The number of piperidine rings is 1. The Hall–Kier alpha value is -2.91. The van der Waals surface area contributed by atoms with Crippen LogP contribution in [0.4, 0.5) is 5.69 Å². The molecule has 0 spiro atoms. The number of nitriles is 1. The Labute approximate surface area is 165 Å². The monoisotopic (exact) mass is 374 g/mol. The maximum Gasteiger partial charge on any atom is 0.101 e. The number of rotatable bonds is 4. The third-order valence-corrected chi connectivity index (χ3v) is 5.54. The number of pyridine rings is 1. The van der Waals surface area contributed by atoms with Crippen LogP contribution in [0.3, 0.4) is 0 Å². The minimum atomic E-state index is 0.396. The number of benzene rings is 1. The number of nitrogens with one attached hydrogen (secondary N) is 1. The molecular formula is C22H26N6. The largest absolute Gasteiger partial charge is 0.369 e. The Kier molecular flexibility index (Phi) is 5.01. The van der Waals surface area contributed by atoms with E-state index >= 15 is 0 Å². The van der Waals surface area contributed by atoms with Crippen molar-refractivity contribution in [2.24, 2.45) is 13.0 Å². The number of aryl methyl sites for hydroxylation is 2. The number of anilines is 1. The van der Waals surface area contributed by atoms with Crippen LogP contribution in [0.15, 0.2) is 36.7 Å². The summed E-state index contributed by atoms with van der Waals surface area (Å²) < 4.78 is 1.87. The number of hydrogen-bond acceptors (Lipinski definition) is 5. The van der Waals surface area contributed by atoms with Gasteiger partial charge in [-0.1, -0.05) is 6.92 Å². The number of aromatic nitrogens is 3. The highest BCUT2D eigenvalue weighted by molar-refractivity contribution is 5.95. The molecule has 0 radical (unpaired) electrons. The first-order valence-electron chi connectivity index (χ1n) is 9.80. The number of hydrogen-bond donors (Lipinski definition) is 1. The van der Waals surface area contributed by atoms with Gasteiger partial charge in [0.25, 0.3) is 0 Å². The van der Waals surface area contributed by atoms with Gasteiger partial charge in [-0.3, -0.25) is 9.67 Å². The Morgan fingerprint density at radius 3 is 2.89 bits per heavy atom. The fourth-order valence-corrected chi connectivity index (χ4v) is 4.29. The van der Waals surface area contributed by atoms with Crippen LogP contribution in [0.5, 0.6) is 0 Å². The van der Waals surface area contributed by atoms with E-state index in [2.05, 4.69) is 58.5 Å². The second kappa shape index (κ2) is 7.61. The molecule has 28 heavy (non-hydrogen) atoms. The van der Waals surface area contributed by atoms with E-state index in [1.165, 1.54) is 5.56 Å². The van der Waals surface area contributed by atoms with Gasteiger partial charge in [-0.05, 0) is 49.1 Å². The maximum atomic E-state index is 9.40. The second-order valence-electron chi connectivity index (χ2n) is 7.90. The first-order chi connectivity index (χ1) is 13.5. The third kappa shape index (κ3) is 3.58. The van der Waals surface area contributed by atoms with Gasteiger partial charge in [0.1, 0.15) is 6.07 Å². The summed E-state index contributed by atoms with van der Waals surface area (Å²) in [5.41, 5.74) is 4.91. The van der Waals surface area contributed by atoms with Crippen LogP contribution in [0.25, 0.3) is 10.9 Å². The van der Waals surface area contributed by atoms with E-state index in [-0.39, 0.29) is 0 Å². The molecule has 1 aromatic carbocycles. The molecule has 0 bridgehead atoms. The summed E-state index contributed by atoms with van der Waals surface area (Å²) in [6.45, 7) is 7.14. The molecule has 3 aromatic rings. The summed E-state index contributed by atoms with van der Waals surface area (Å²) in [6, 6.07) is 10.6. The van der Waals surface area contributed by atoms with E-state index in [4.69, 9.17) is 0 Å². The lowest BCUT2D eigenvalue weighted by molar-refractivity contribution is 0.348. The summed E-state index contributed by atoms with van der Waals surface area (Å²) in [4.78, 5) is 6.89. The molecule has 1 aliphatic heterocycles. The quantitative estimate of drug-likeness (QED) is 0.760. The van der Waals surface area contributed by atoms with Crippen molar-refractivity contribution in [2.75, 3.05) is 18.0 Å². The highest BCUT2D eigenvalue weighted by Gasteiger charge is 2.26. The second-order valence-corrected chi connectivity index (χ2v) is 7.90. The molecule has 0 unspecified atom stereocenters. The Morgan fingerprint density at radius 1 is 1.29 bits per heavy atom. The molecule has 6 nitrogen and oxygen atoms in total. The standard InChI is InChI=1S/C22H26N6/c1-15-9-18(25-11-20-16(2)13-27(3)26-20)14-28(12-15)21-7-6-17(10-23)22-19(21)5-4-8-24-22/h4-8,13,15,18,25H,9,11-12,14H2,1-3H3/t15-,18+/m0/s1. The molecule has 6 heteroatoms. The molecule has 2 aromatic heterocycles. The highest BCUT2D eigenvalue weighted by atomic mass is 15.3. The molecule has 144 valence electrons. The Bertz CT molecular complexity index is 1030. The van der Waals surface area contributed by atoms with Crippen molar-refractivity contribution in [3.8, 4) is 6.07 Å². The van der Waals surface area contributed by atoms with Crippen molar-refractivity contribution < 1.29 is 0 Å². The van der Waals surface area contributed by atoms with Crippen molar-refractivity contribution in [3.05, 3.63) is 53.5 Å². The molecule has 0 saturated carbocycles. The SMILES string of the molecule is Cc1cn(C)nc1CN[C@@H]1C[C@H](C)CN(c2ccc(C#N)c3ncccc23)C1. The van der Waals surface area contributed by atoms with E-state index < -0.39 is 0 Å². The van der Waals surface area contributed by atoms with E-state index in [9.17, 15) is 5.26 Å². The molecule has 1 N–H and O–H groups in total. The summed E-state index contributed by atoms with van der Waals surface area (Å²) in [5, 5.41) is 18.7. The first-order valence-corrected chi connectivity index (χ1v) is 9.80. The lowest BCUT2D eigenvalue weighted by Crippen LogP contribution is -2.48. The van der Waals surface area contributed by atoms with E-state index in [0.29, 0.717) is 17.5 Å². The zero-order chi connectivity index (χ0) is 19.7. The average molecular weight is 374 g/mol. The third-order valence-electron chi connectivity index (χ3n) is 5.54. The van der Waals surface area contributed by atoms with Gasteiger partial charge >= 0.3 is 0 Å². The molecular weight excluding hydrogens is 348 g/mol. The predicted molar refractivity (Wildman–Crippen MR) is 111 cm³/mol. The van der Waals surface area contributed by atoms with Crippen LogP contribution >= 0.6 is 0 Å². The fraction of sp³-hybridized carbons (Fsp3) is 0.409. The molecule has 1 saturated heterocycles. The summed E-state index contributed by atoms with van der Waals surface area (Å²) in [5.74, 6) is 0.582. The minimum Gasteiger partial charge on any atom is -0.369 e. The summed E-state index contributed by atoms with van der Waals surface area (Å²) in [6.07, 6.45) is 4.96. The van der Waals surface area contributed by atoms with Gasteiger partial charge in [0.15, 0.2) is 0 Å². The zero-order valence-electron chi connectivity index (χ0n) is 16.7. The lowest BCUT2D eigenvalue weighted by Gasteiger charge is -2.39. The van der Waals surface area contributed by atoms with Crippen molar-refractivity contribution in [1.82, 2.24) is 20.1 Å². The first kappa shape index (κ1) is 18.5. The summed E-state index contributed by atoms with van der Waals surface area (Å²) >= 11 is 0. The van der Waals surface area contributed by atoms with E-state index in [1.807, 2.05) is 23.9 Å². The van der Waals surface area contributed by atoms with Crippen molar-refractivity contribution in [2.45, 2.75) is 32.9 Å². The highest BCUT2D eigenvalue weighted by Crippen LogP contribution is 2.31. The Morgan fingerprint density at radius 2 is 2.14 bits per heavy atom. The molecule has 3 heterocycles. The molecule has 1 fully saturated rings. The molecule has 0 amide bonds. The molecule has 2 atom stereocenters. The lowest BCUT2D eigenvalue weighted by atomic mass is 9.94. The molecule has 1 aliphatic rings. The van der Waals surface area contributed by atoms with Gasteiger partial charge in [0, 0.05) is 56.2 Å². The van der Waals surface area contributed by atoms with E-state index in [0.717, 1.165) is 48.3 Å². The van der Waals surface area contributed by atoms with Gasteiger partial charge in [-0.15, -0.1) is 0 Å². The van der Waals surface area contributed by atoms with Gasteiger partial charge in [0.2, 0.25) is 0 Å². The molecule has 4 rings (SSSR count). The molecule has 0 aliphatic carbocycles. The van der Waals surface area contributed by atoms with Gasteiger partial charge in [-0.25, -0.2) is 0 Å². The summed E-state index contributed by atoms with van der Waals surface area (Å²) in [7, 11) is 1.96. The number of nitrogens with zero attached hydrogens (tertiary/aromatic N) is 5. The van der Waals surface area contributed by atoms with E-state index in [1.54, 1.807) is 6.20 Å². The fourth-order valence-electron chi connectivity index (χ4n) is 4.29. The van der Waals surface area contributed by atoms with Crippen LogP contribution in [-0.2, 0) is 13.6 Å². The van der Waals surface area contributed by atoms with Crippen molar-refractivity contribution in [3.63, 3.8) is 0 Å². The maximum absolute atomic E-state index is 9.40. The van der Waals surface area contributed by atoms with Crippen LogP contribution < -0.4 is 10.2 Å². The van der Waals surface area contributed by atoms with Crippen molar-refractivity contribution >= 4 is 16.6 Å². The predicted octanol–water partition coefficient (Wildman–Crippen LogP) is 3.15. The van der Waals surface area contributed by atoms with Crippen molar-refractivity contribution in [1.29, 1.82) is 5.26 Å². The van der Waals surface area contributed by atoms with Gasteiger partial charge in [-0.2, -0.15) is 10.4 Å². The van der Waals surface area contributed by atoms with Crippen LogP contribution in [0.1, 0.15) is 30.2 Å². The minimum absolute atomic E-state index is 0.396. The normalized spacial score (nSPS) is 19.7. The smallest absolute Gasteiger partial charge is 0.101 e. The zero-order valence-corrected chi connectivity index (χ0v) is 16.7. The van der Waals surface area contributed by atoms with Gasteiger partial charge in [0.05, 0.1) is 16.8 Å². The topological polar surface area (TPSA) is 69.8 Å². The number of fused-ring (bicyclic) bond motifs is 1. The average Bonchev–Trinajstić information content (AvgIpc) is 3.02. The van der Waals surface area contributed by atoms with Crippen LogP contribution in [0, 0.1) is 24.2 Å². The van der Waals surface area contributed by atoms with Crippen LogP contribution in [0.2, 0.25) is 0 Å².